The predicted octanol–water partition coefficient (Wildman–Crippen LogP) is 1.68. The molecular formula is C7H5BrN2O. The Hall–Kier alpha value is -0.990. The highest BCUT2D eigenvalue weighted by Gasteiger charge is 1.90. The van der Waals surface area contributed by atoms with Crippen LogP contribution < -0.4 is 0 Å². The zero-order valence-electron chi connectivity index (χ0n) is 5.62. The maximum atomic E-state index is 9.72. The highest BCUT2D eigenvalue weighted by Crippen LogP contribution is 2.06. The predicted molar refractivity (Wildman–Crippen MR) is 43.8 cm³/mol. The molecule has 0 bridgehead atoms. The molecule has 1 heterocycles. The van der Waals surface area contributed by atoms with Gasteiger partial charge in [-0.05, 0) is 27.6 Å². The summed E-state index contributed by atoms with van der Waals surface area (Å²) in [5.41, 5.74) is 0.900. The molecule has 0 aliphatic carbocycles. The lowest BCUT2D eigenvalue weighted by atomic mass is 10.3. The molecule has 3 nitrogen and oxygen atoms in total. The van der Waals surface area contributed by atoms with Crippen molar-refractivity contribution in [2.45, 2.75) is 6.54 Å². The third kappa shape index (κ3) is 2.62. The smallest absolute Gasteiger partial charge is 0.235 e. The van der Waals surface area contributed by atoms with Crippen molar-refractivity contribution in [2.24, 2.45) is 4.99 Å². The second-order valence-corrected chi connectivity index (χ2v) is 2.71. The van der Waals surface area contributed by atoms with Crippen LogP contribution in [0.3, 0.4) is 0 Å². The number of nitrogens with zero attached hydrogens (tertiary/aromatic N) is 2. The molecule has 1 aromatic heterocycles. The minimum Gasteiger partial charge on any atom is -0.249 e. The Balaban J connectivity index is 2.73. The maximum absolute atomic E-state index is 9.72. The number of hydrogen-bond acceptors (Lipinski definition) is 3. The summed E-state index contributed by atoms with van der Waals surface area (Å²) < 4.78 is 0.774. The normalized spacial score (nSPS) is 8.82. The summed E-state index contributed by atoms with van der Waals surface area (Å²) in [5.74, 6) is 0. The summed E-state index contributed by atoms with van der Waals surface area (Å²) >= 11 is 3.19. The Labute approximate surface area is 72.3 Å². The monoisotopic (exact) mass is 212 g/mol. The van der Waals surface area contributed by atoms with E-state index < -0.39 is 0 Å². The van der Waals surface area contributed by atoms with Gasteiger partial charge in [0.2, 0.25) is 6.08 Å². The van der Waals surface area contributed by atoms with Crippen molar-refractivity contribution in [1.29, 1.82) is 0 Å². The van der Waals surface area contributed by atoms with Crippen molar-refractivity contribution < 1.29 is 4.79 Å². The molecule has 56 valence electrons. The number of halogens is 1. The zero-order chi connectivity index (χ0) is 8.10. The van der Waals surface area contributed by atoms with Gasteiger partial charge in [0, 0.05) is 6.20 Å². The van der Waals surface area contributed by atoms with Crippen LogP contribution in [-0.2, 0) is 11.3 Å². The summed E-state index contributed by atoms with van der Waals surface area (Å²) in [6, 6.07) is 3.65. The summed E-state index contributed by atoms with van der Waals surface area (Å²) in [6.45, 7) is 0.351. The van der Waals surface area contributed by atoms with Gasteiger partial charge in [-0.15, -0.1) is 0 Å². The van der Waals surface area contributed by atoms with E-state index in [1.165, 1.54) is 6.08 Å². The van der Waals surface area contributed by atoms with Crippen LogP contribution in [0.1, 0.15) is 5.56 Å². The molecule has 1 aromatic rings. The second-order valence-electron chi connectivity index (χ2n) is 1.90. The van der Waals surface area contributed by atoms with Gasteiger partial charge in [-0.2, -0.15) is 0 Å². The quantitative estimate of drug-likeness (QED) is 0.426. The molecule has 0 aromatic carbocycles. The van der Waals surface area contributed by atoms with Crippen molar-refractivity contribution in [1.82, 2.24) is 4.98 Å². The van der Waals surface area contributed by atoms with E-state index in [0.29, 0.717) is 6.54 Å². The minimum atomic E-state index is 0.351. The van der Waals surface area contributed by atoms with Crippen LogP contribution in [-0.4, -0.2) is 11.1 Å². The Bertz CT molecular complexity index is 277. The van der Waals surface area contributed by atoms with E-state index in [1.807, 2.05) is 6.07 Å². The second kappa shape index (κ2) is 4.01. The standard InChI is InChI=1S/C7H5BrN2O/c8-7-2-1-6(4-10-7)3-9-5-11/h1-2,4H,3H2. The number of isocyanates is 1. The third-order valence-electron chi connectivity index (χ3n) is 1.11. The molecule has 0 saturated carbocycles. The molecule has 0 radical (unpaired) electrons. The summed E-state index contributed by atoms with van der Waals surface area (Å²) in [5, 5.41) is 0. The number of carbonyl (C=O) groups excluding carboxylic acids is 1. The molecule has 11 heavy (non-hydrogen) atoms. The van der Waals surface area contributed by atoms with Crippen LogP contribution in [0.2, 0.25) is 0 Å². The average Bonchev–Trinajstić information content (AvgIpc) is 2.04. The van der Waals surface area contributed by atoms with Crippen molar-refractivity contribution in [3.63, 3.8) is 0 Å². The van der Waals surface area contributed by atoms with E-state index in [4.69, 9.17) is 0 Å². The van der Waals surface area contributed by atoms with Gasteiger partial charge >= 0.3 is 0 Å². The summed E-state index contributed by atoms with van der Waals surface area (Å²) in [6.07, 6.45) is 3.12. The summed E-state index contributed by atoms with van der Waals surface area (Å²) in [4.78, 5) is 17.1. The van der Waals surface area contributed by atoms with E-state index in [0.717, 1.165) is 10.2 Å². The van der Waals surface area contributed by atoms with E-state index in [1.54, 1.807) is 12.3 Å². The SMILES string of the molecule is O=C=NCc1ccc(Br)nc1. The Morgan fingerprint density at radius 3 is 3.00 bits per heavy atom. The minimum absolute atomic E-state index is 0.351. The van der Waals surface area contributed by atoms with Crippen molar-refractivity contribution in [3.8, 4) is 0 Å². The van der Waals surface area contributed by atoms with E-state index in [9.17, 15) is 4.79 Å². The largest absolute Gasteiger partial charge is 0.249 e. The van der Waals surface area contributed by atoms with Crippen molar-refractivity contribution >= 4 is 22.0 Å². The van der Waals surface area contributed by atoms with Gasteiger partial charge in [-0.1, -0.05) is 6.07 Å². The topological polar surface area (TPSA) is 42.3 Å². The van der Waals surface area contributed by atoms with Crippen LogP contribution in [0.15, 0.2) is 27.9 Å². The van der Waals surface area contributed by atoms with Crippen molar-refractivity contribution in [2.75, 3.05) is 0 Å². The fourth-order valence-electron chi connectivity index (χ4n) is 0.624. The maximum Gasteiger partial charge on any atom is 0.235 e. The lowest BCUT2D eigenvalue weighted by Crippen LogP contribution is -1.82. The van der Waals surface area contributed by atoms with E-state index in [2.05, 4.69) is 25.9 Å². The highest BCUT2D eigenvalue weighted by atomic mass is 79.9. The van der Waals surface area contributed by atoms with Crippen LogP contribution in [0, 0.1) is 0 Å². The Kier molecular flexibility index (Phi) is 2.95. The fraction of sp³-hybridized carbons (Fsp3) is 0.143. The summed E-state index contributed by atoms with van der Waals surface area (Å²) in [7, 11) is 0. The molecule has 0 aliphatic rings. The molecule has 0 saturated heterocycles. The van der Waals surface area contributed by atoms with Crippen LogP contribution >= 0.6 is 15.9 Å². The molecule has 0 spiro atoms. The lowest BCUT2D eigenvalue weighted by Gasteiger charge is -1.92. The molecule has 0 amide bonds. The highest BCUT2D eigenvalue weighted by molar-refractivity contribution is 9.10. The lowest BCUT2D eigenvalue weighted by molar-refractivity contribution is 0.562. The van der Waals surface area contributed by atoms with Gasteiger partial charge in [0.15, 0.2) is 0 Å². The zero-order valence-corrected chi connectivity index (χ0v) is 7.21. The van der Waals surface area contributed by atoms with Crippen molar-refractivity contribution in [3.05, 3.63) is 28.5 Å². The Morgan fingerprint density at radius 1 is 1.64 bits per heavy atom. The van der Waals surface area contributed by atoms with Gasteiger partial charge in [-0.3, -0.25) is 0 Å². The first kappa shape index (κ1) is 8.11. The van der Waals surface area contributed by atoms with Crippen LogP contribution in [0.25, 0.3) is 0 Å². The van der Waals surface area contributed by atoms with E-state index in [-0.39, 0.29) is 0 Å². The first-order valence-electron chi connectivity index (χ1n) is 2.97. The number of pyridine rings is 1. The molecule has 0 atom stereocenters. The number of rotatable bonds is 2. The molecule has 0 N–H and O–H groups in total. The van der Waals surface area contributed by atoms with Gasteiger partial charge < -0.3 is 0 Å². The van der Waals surface area contributed by atoms with Gasteiger partial charge in [0.1, 0.15) is 4.60 Å². The van der Waals surface area contributed by atoms with Crippen LogP contribution in [0.4, 0.5) is 0 Å². The molecule has 4 heteroatoms. The molecular weight excluding hydrogens is 208 g/mol. The Morgan fingerprint density at radius 2 is 2.45 bits per heavy atom. The van der Waals surface area contributed by atoms with Gasteiger partial charge in [-0.25, -0.2) is 14.8 Å². The average molecular weight is 213 g/mol. The van der Waals surface area contributed by atoms with Gasteiger partial charge in [0.05, 0.1) is 6.54 Å². The first-order chi connectivity index (χ1) is 5.33. The molecule has 0 aliphatic heterocycles. The number of aromatic nitrogens is 1. The van der Waals surface area contributed by atoms with Crippen LogP contribution in [0.5, 0.6) is 0 Å². The fourth-order valence-corrected chi connectivity index (χ4v) is 0.858. The molecule has 0 unspecified atom stereocenters. The third-order valence-corrected chi connectivity index (χ3v) is 1.58. The molecule has 0 fully saturated rings. The number of aliphatic imine (C=N–C) groups is 1. The first-order valence-corrected chi connectivity index (χ1v) is 3.76. The van der Waals surface area contributed by atoms with E-state index >= 15 is 0 Å². The van der Waals surface area contributed by atoms with Gasteiger partial charge in [0.25, 0.3) is 0 Å². The number of hydrogen-bond donors (Lipinski definition) is 0. The molecule has 1 rings (SSSR count).